The molecule has 0 saturated heterocycles. The molecule has 1 aromatic heterocycles. The minimum Gasteiger partial charge on any atom is -0.389 e. The molecule has 88 valence electrons. The molecule has 0 aliphatic heterocycles. The van der Waals surface area contributed by atoms with Crippen LogP contribution < -0.4 is 5.73 Å². The van der Waals surface area contributed by atoms with E-state index in [1.165, 1.54) is 12.8 Å². The third-order valence-electron chi connectivity index (χ3n) is 2.78. The lowest BCUT2D eigenvalue weighted by Crippen LogP contribution is -1.87. The molecule has 1 fully saturated rings. The Morgan fingerprint density at radius 3 is 2.88 bits per heavy atom. The lowest BCUT2D eigenvalue weighted by molar-refractivity contribution is 1.08. The van der Waals surface area contributed by atoms with Crippen LogP contribution in [0.2, 0.25) is 5.02 Å². The van der Waals surface area contributed by atoms with Crippen molar-refractivity contribution in [3.8, 4) is 11.3 Å². The summed E-state index contributed by atoms with van der Waals surface area (Å²) in [5.74, 6) is 0.633. The first-order valence-corrected chi connectivity index (χ1v) is 7.35. The topological polar surface area (TPSA) is 38.9 Å². The highest BCUT2D eigenvalue weighted by molar-refractivity contribution is 9.10. The van der Waals surface area contributed by atoms with E-state index in [1.54, 1.807) is 11.3 Å². The molecule has 17 heavy (non-hydrogen) atoms. The van der Waals surface area contributed by atoms with Crippen molar-refractivity contribution in [1.29, 1.82) is 0 Å². The van der Waals surface area contributed by atoms with Gasteiger partial charge in [0.2, 0.25) is 0 Å². The number of hydrogen-bond acceptors (Lipinski definition) is 3. The Kier molecular flexibility index (Phi) is 2.89. The van der Waals surface area contributed by atoms with Gasteiger partial charge in [0.05, 0.1) is 5.01 Å². The van der Waals surface area contributed by atoms with E-state index in [4.69, 9.17) is 17.3 Å². The van der Waals surface area contributed by atoms with Crippen molar-refractivity contribution in [1.82, 2.24) is 4.98 Å². The average Bonchev–Trinajstić information content (AvgIpc) is 3.07. The third kappa shape index (κ3) is 2.21. The molecule has 1 aromatic carbocycles. The van der Waals surface area contributed by atoms with Gasteiger partial charge >= 0.3 is 0 Å². The van der Waals surface area contributed by atoms with Crippen molar-refractivity contribution in [3.63, 3.8) is 0 Å². The van der Waals surface area contributed by atoms with Gasteiger partial charge in [-0.25, -0.2) is 4.98 Å². The molecule has 1 aliphatic rings. The van der Waals surface area contributed by atoms with Crippen LogP contribution in [0.25, 0.3) is 11.3 Å². The zero-order chi connectivity index (χ0) is 12.0. The Morgan fingerprint density at radius 1 is 1.41 bits per heavy atom. The SMILES string of the molecule is Nc1sc(C2CC2)nc1-c1cc(Cl)ccc1Br. The Balaban J connectivity index is 2.10. The van der Waals surface area contributed by atoms with E-state index < -0.39 is 0 Å². The average molecular weight is 330 g/mol. The smallest absolute Gasteiger partial charge is 0.114 e. The number of nitrogens with two attached hydrogens (primary N) is 1. The predicted molar refractivity (Wildman–Crippen MR) is 76.6 cm³/mol. The minimum absolute atomic E-state index is 0.633. The molecule has 1 heterocycles. The van der Waals surface area contributed by atoms with Crippen molar-refractivity contribution in [3.05, 3.63) is 32.7 Å². The highest BCUT2D eigenvalue weighted by atomic mass is 79.9. The van der Waals surface area contributed by atoms with Gasteiger partial charge in [-0.1, -0.05) is 27.5 Å². The van der Waals surface area contributed by atoms with Crippen LogP contribution in [0.3, 0.4) is 0 Å². The van der Waals surface area contributed by atoms with Gasteiger partial charge in [0, 0.05) is 21.0 Å². The van der Waals surface area contributed by atoms with Crippen LogP contribution in [0.15, 0.2) is 22.7 Å². The maximum Gasteiger partial charge on any atom is 0.114 e. The Labute approximate surface area is 117 Å². The van der Waals surface area contributed by atoms with Crippen LogP contribution in [-0.4, -0.2) is 4.98 Å². The van der Waals surface area contributed by atoms with Crippen LogP contribution in [0.5, 0.6) is 0 Å². The van der Waals surface area contributed by atoms with E-state index in [0.717, 1.165) is 25.7 Å². The second-order valence-electron chi connectivity index (χ2n) is 4.16. The number of thiazole rings is 1. The zero-order valence-corrected chi connectivity index (χ0v) is 12.1. The van der Waals surface area contributed by atoms with Crippen molar-refractivity contribution >= 4 is 43.9 Å². The molecule has 1 saturated carbocycles. The first-order chi connectivity index (χ1) is 8.15. The fourth-order valence-corrected chi connectivity index (χ4v) is 3.35. The van der Waals surface area contributed by atoms with E-state index in [1.807, 2.05) is 18.2 Å². The molecule has 2 aromatic rings. The summed E-state index contributed by atoms with van der Waals surface area (Å²) in [4.78, 5) is 4.65. The molecule has 0 bridgehead atoms. The Morgan fingerprint density at radius 2 is 2.18 bits per heavy atom. The normalized spacial score (nSPS) is 15.2. The summed E-state index contributed by atoms with van der Waals surface area (Å²) in [7, 11) is 0. The number of anilines is 1. The summed E-state index contributed by atoms with van der Waals surface area (Å²) < 4.78 is 0.973. The molecule has 1 aliphatic carbocycles. The third-order valence-corrected chi connectivity index (χ3v) is 4.75. The van der Waals surface area contributed by atoms with Gasteiger partial charge < -0.3 is 5.73 Å². The summed E-state index contributed by atoms with van der Waals surface area (Å²) in [6.45, 7) is 0. The molecule has 0 unspecified atom stereocenters. The van der Waals surface area contributed by atoms with Crippen molar-refractivity contribution in [2.45, 2.75) is 18.8 Å². The highest BCUT2D eigenvalue weighted by Crippen LogP contribution is 2.46. The molecule has 0 spiro atoms. The van der Waals surface area contributed by atoms with Gasteiger partial charge in [-0.2, -0.15) is 0 Å². The number of rotatable bonds is 2. The van der Waals surface area contributed by atoms with Crippen LogP contribution in [0, 0.1) is 0 Å². The van der Waals surface area contributed by atoms with Gasteiger partial charge in [0.15, 0.2) is 0 Å². The largest absolute Gasteiger partial charge is 0.389 e. The van der Waals surface area contributed by atoms with Gasteiger partial charge in [0.25, 0.3) is 0 Å². The van der Waals surface area contributed by atoms with E-state index in [-0.39, 0.29) is 0 Å². The number of halogens is 2. The summed E-state index contributed by atoms with van der Waals surface area (Å²) in [5.41, 5.74) is 7.87. The van der Waals surface area contributed by atoms with Gasteiger partial charge in [-0.15, -0.1) is 11.3 Å². The van der Waals surface area contributed by atoms with Crippen molar-refractivity contribution in [2.75, 3.05) is 5.73 Å². The lowest BCUT2D eigenvalue weighted by atomic mass is 10.1. The van der Waals surface area contributed by atoms with E-state index >= 15 is 0 Å². The summed E-state index contributed by atoms with van der Waals surface area (Å²) in [6, 6.07) is 5.67. The first kappa shape index (κ1) is 11.5. The fourth-order valence-electron chi connectivity index (χ4n) is 1.73. The van der Waals surface area contributed by atoms with Gasteiger partial charge in [-0.05, 0) is 31.0 Å². The fraction of sp³-hybridized carbons (Fsp3) is 0.250. The zero-order valence-electron chi connectivity index (χ0n) is 8.91. The Hall–Kier alpha value is -0.580. The summed E-state index contributed by atoms with van der Waals surface area (Å²) >= 11 is 11.1. The van der Waals surface area contributed by atoms with Crippen LogP contribution in [-0.2, 0) is 0 Å². The summed E-state index contributed by atoms with van der Waals surface area (Å²) in [5, 5.41) is 2.63. The monoisotopic (exact) mass is 328 g/mol. The lowest BCUT2D eigenvalue weighted by Gasteiger charge is -2.02. The molecular formula is C12H10BrClN2S. The molecule has 2 nitrogen and oxygen atoms in total. The first-order valence-electron chi connectivity index (χ1n) is 5.37. The van der Waals surface area contributed by atoms with Crippen molar-refractivity contribution < 1.29 is 0 Å². The van der Waals surface area contributed by atoms with E-state index in [2.05, 4.69) is 20.9 Å². The molecule has 0 amide bonds. The molecule has 3 rings (SSSR count). The number of nitrogen functional groups attached to an aromatic ring is 1. The van der Waals surface area contributed by atoms with Crippen LogP contribution >= 0.6 is 38.9 Å². The quantitative estimate of drug-likeness (QED) is 0.868. The summed E-state index contributed by atoms with van der Waals surface area (Å²) in [6.07, 6.45) is 2.48. The number of benzene rings is 1. The van der Waals surface area contributed by atoms with E-state index in [0.29, 0.717) is 10.9 Å². The minimum atomic E-state index is 0.633. The molecular weight excluding hydrogens is 320 g/mol. The number of nitrogens with zero attached hydrogens (tertiary/aromatic N) is 1. The molecule has 5 heteroatoms. The van der Waals surface area contributed by atoms with E-state index in [9.17, 15) is 0 Å². The molecule has 0 radical (unpaired) electrons. The standard InChI is InChI=1S/C12H10BrClN2S/c13-9-4-3-7(14)5-8(9)10-11(15)17-12(16-10)6-1-2-6/h3-6H,1-2,15H2. The maximum atomic E-state index is 6.05. The number of aromatic nitrogens is 1. The molecule has 2 N–H and O–H groups in total. The Bertz CT molecular complexity index is 578. The number of hydrogen-bond donors (Lipinski definition) is 1. The predicted octanol–water partition coefficient (Wildman–Crippen LogP) is 4.69. The maximum absolute atomic E-state index is 6.05. The van der Waals surface area contributed by atoms with Gasteiger partial charge in [-0.3, -0.25) is 0 Å². The molecule has 0 atom stereocenters. The van der Waals surface area contributed by atoms with Crippen LogP contribution in [0.4, 0.5) is 5.00 Å². The van der Waals surface area contributed by atoms with Crippen molar-refractivity contribution in [2.24, 2.45) is 0 Å². The van der Waals surface area contributed by atoms with Crippen LogP contribution in [0.1, 0.15) is 23.8 Å². The van der Waals surface area contributed by atoms with Gasteiger partial charge in [0.1, 0.15) is 10.7 Å². The second kappa shape index (κ2) is 4.26. The second-order valence-corrected chi connectivity index (χ2v) is 6.52. The highest BCUT2D eigenvalue weighted by Gasteiger charge is 2.28.